The summed E-state index contributed by atoms with van der Waals surface area (Å²) >= 11 is 0. The van der Waals surface area contributed by atoms with Crippen LogP contribution in [0.2, 0.25) is 0 Å². The van der Waals surface area contributed by atoms with Crippen molar-refractivity contribution < 1.29 is 9.53 Å². The first-order chi connectivity index (χ1) is 7.96. The van der Waals surface area contributed by atoms with Crippen LogP contribution < -0.4 is 15.8 Å². The zero-order valence-corrected chi connectivity index (χ0v) is 11.4. The lowest BCUT2D eigenvalue weighted by Gasteiger charge is -2.20. The van der Waals surface area contributed by atoms with Gasteiger partial charge >= 0.3 is 0 Å². The molecule has 1 aliphatic heterocycles. The van der Waals surface area contributed by atoms with Crippen LogP contribution in [0.15, 0.2) is 24.3 Å². The zero-order valence-electron chi connectivity index (χ0n) is 10.6. The quantitative estimate of drug-likeness (QED) is 0.869. The standard InChI is InChI=1S/C13H18N2O2.ClH/c1-13(2,14)8-15-12(16)11-7-9-5-3-4-6-10(9)17-11;/h3-6,11H,7-8,14H2,1-2H3,(H,15,16);1H. The van der Waals surface area contributed by atoms with E-state index in [1.807, 2.05) is 38.1 Å². The molecule has 1 heterocycles. The van der Waals surface area contributed by atoms with E-state index in [4.69, 9.17) is 10.5 Å². The first-order valence-electron chi connectivity index (χ1n) is 5.77. The van der Waals surface area contributed by atoms with E-state index in [0.29, 0.717) is 13.0 Å². The number of amides is 1. The summed E-state index contributed by atoms with van der Waals surface area (Å²) in [4.78, 5) is 11.9. The third-order valence-electron chi connectivity index (χ3n) is 2.66. The van der Waals surface area contributed by atoms with Crippen LogP contribution in [-0.2, 0) is 11.2 Å². The highest BCUT2D eigenvalue weighted by Crippen LogP contribution is 2.28. The van der Waals surface area contributed by atoms with Crippen molar-refractivity contribution in [3.8, 4) is 5.75 Å². The number of carbonyl (C=O) groups excluding carboxylic acids is 1. The molecule has 1 aliphatic rings. The fourth-order valence-corrected chi connectivity index (χ4v) is 1.76. The number of hydrogen-bond acceptors (Lipinski definition) is 3. The lowest BCUT2D eigenvalue weighted by molar-refractivity contribution is -0.127. The average Bonchev–Trinajstić information content (AvgIpc) is 2.68. The molecule has 0 fully saturated rings. The number of rotatable bonds is 3. The highest BCUT2D eigenvalue weighted by Gasteiger charge is 2.29. The van der Waals surface area contributed by atoms with Crippen LogP contribution in [0, 0.1) is 0 Å². The number of fused-ring (bicyclic) bond motifs is 1. The number of carbonyl (C=O) groups is 1. The second-order valence-corrected chi connectivity index (χ2v) is 5.12. The molecule has 100 valence electrons. The van der Waals surface area contributed by atoms with Gasteiger partial charge in [0.05, 0.1) is 0 Å². The van der Waals surface area contributed by atoms with Gasteiger partial charge in [-0.05, 0) is 25.5 Å². The molecule has 0 saturated carbocycles. The molecular weight excluding hydrogens is 252 g/mol. The Morgan fingerprint density at radius 3 is 2.78 bits per heavy atom. The fraction of sp³-hybridized carbons (Fsp3) is 0.462. The molecule has 0 spiro atoms. The molecule has 0 saturated heterocycles. The fourth-order valence-electron chi connectivity index (χ4n) is 1.76. The van der Waals surface area contributed by atoms with Crippen molar-refractivity contribution in [3.05, 3.63) is 29.8 Å². The van der Waals surface area contributed by atoms with Gasteiger partial charge in [0.15, 0.2) is 6.10 Å². The van der Waals surface area contributed by atoms with Gasteiger partial charge in [-0.1, -0.05) is 18.2 Å². The van der Waals surface area contributed by atoms with Crippen LogP contribution in [-0.4, -0.2) is 24.1 Å². The summed E-state index contributed by atoms with van der Waals surface area (Å²) in [5.41, 5.74) is 6.49. The van der Waals surface area contributed by atoms with Gasteiger partial charge in [-0.15, -0.1) is 12.4 Å². The highest BCUT2D eigenvalue weighted by molar-refractivity contribution is 5.85. The van der Waals surface area contributed by atoms with E-state index < -0.39 is 11.6 Å². The predicted molar refractivity (Wildman–Crippen MR) is 73.1 cm³/mol. The van der Waals surface area contributed by atoms with E-state index in [1.165, 1.54) is 0 Å². The molecule has 1 aromatic rings. The molecule has 2 rings (SSSR count). The molecule has 4 nitrogen and oxygen atoms in total. The number of nitrogens with two attached hydrogens (primary N) is 1. The predicted octanol–water partition coefficient (Wildman–Crippen LogP) is 1.27. The van der Waals surface area contributed by atoms with Crippen LogP contribution >= 0.6 is 12.4 Å². The number of ether oxygens (including phenoxy) is 1. The molecule has 0 radical (unpaired) electrons. The summed E-state index contributed by atoms with van der Waals surface area (Å²) in [6.45, 7) is 4.19. The van der Waals surface area contributed by atoms with Crippen molar-refractivity contribution >= 4 is 18.3 Å². The van der Waals surface area contributed by atoms with Crippen molar-refractivity contribution in [1.82, 2.24) is 5.32 Å². The Labute approximate surface area is 113 Å². The van der Waals surface area contributed by atoms with Crippen molar-refractivity contribution in [2.45, 2.75) is 31.9 Å². The van der Waals surface area contributed by atoms with E-state index in [9.17, 15) is 4.79 Å². The monoisotopic (exact) mass is 270 g/mol. The van der Waals surface area contributed by atoms with Crippen LogP contribution in [0.1, 0.15) is 19.4 Å². The number of hydrogen-bond donors (Lipinski definition) is 2. The van der Waals surface area contributed by atoms with Gasteiger partial charge in [0.1, 0.15) is 5.75 Å². The van der Waals surface area contributed by atoms with Crippen LogP contribution in [0.4, 0.5) is 0 Å². The third kappa shape index (κ3) is 3.62. The van der Waals surface area contributed by atoms with Crippen molar-refractivity contribution in [2.75, 3.05) is 6.54 Å². The Morgan fingerprint density at radius 2 is 2.17 bits per heavy atom. The van der Waals surface area contributed by atoms with Crippen molar-refractivity contribution in [3.63, 3.8) is 0 Å². The smallest absolute Gasteiger partial charge is 0.261 e. The Kier molecular flexibility index (Phi) is 4.59. The third-order valence-corrected chi connectivity index (χ3v) is 2.66. The molecular formula is C13H19ClN2O2. The van der Waals surface area contributed by atoms with Crippen molar-refractivity contribution in [2.24, 2.45) is 5.73 Å². The van der Waals surface area contributed by atoms with Gasteiger partial charge < -0.3 is 15.8 Å². The second-order valence-electron chi connectivity index (χ2n) is 5.12. The maximum absolute atomic E-state index is 11.9. The number of benzene rings is 1. The summed E-state index contributed by atoms with van der Waals surface area (Å²) in [6, 6.07) is 7.72. The maximum atomic E-state index is 11.9. The number of halogens is 1. The highest BCUT2D eigenvalue weighted by atomic mass is 35.5. The van der Waals surface area contributed by atoms with Crippen molar-refractivity contribution in [1.29, 1.82) is 0 Å². The Hall–Kier alpha value is -1.26. The van der Waals surface area contributed by atoms with Gasteiger partial charge in [-0.2, -0.15) is 0 Å². The lowest BCUT2D eigenvalue weighted by atomic mass is 10.1. The first-order valence-corrected chi connectivity index (χ1v) is 5.77. The van der Waals surface area contributed by atoms with Gasteiger partial charge in [0.25, 0.3) is 5.91 Å². The summed E-state index contributed by atoms with van der Waals surface area (Å²) in [5, 5.41) is 2.81. The summed E-state index contributed by atoms with van der Waals surface area (Å²) in [7, 11) is 0. The van der Waals surface area contributed by atoms with E-state index >= 15 is 0 Å². The summed E-state index contributed by atoms with van der Waals surface area (Å²) in [6.07, 6.45) is 0.210. The van der Waals surface area contributed by atoms with E-state index in [1.54, 1.807) is 0 Å². The largest absolute Gasteiger partial charge is 0.480 e. The zero-order chi connectivity index (χ0) is 12.5. The van der Waals surface area contributed by atoms with Gasteiger partial charge in [0.2, 0.25) is 0 Å². The Balaban J connectivity index is 0.00000162. The molecule has 1 aromatic carbocycles. The molecule has 0 aromatic heterocycles. The SMILES string of the molecule is CC(C)(N)CNC(=O)C1Cc2ccccc2O1.Cl. The van der Waals surface area contributed by atoms with Crippen LogP contribution in [0.3, 0.4) is 0 Å². The summed E-state index contributed by atoms with van der Waals surface area (Å²) in [5.74, 6) is 0.708. The molecule has 0 aliphatic carbocycles. The minimum absolute atomic E-state index is 0. The maximum Gasteiger partial charge on any atom is 0.261 e. The van der Waals surface area contributed by atoms with Crippen LogP contribution in [0.5, 0.6) is 5.75 Å². The molecule has 1 amide bonds. The summed E-state index contributed by atoms with van der Waals surface area (Å²) < 4.78 is 5.58. The molecule has 18 heavy (non-hydrogen) atoms. The van der Waals surface area contributed by atoms with E-state index in [-0.39, 0.29) is 18.3 Å². The molecule has 1 unspecified atom stereocenters. The normalized spacial score (nSPS) is 17.4. The minimum atomic E-state index is -0.422. The second kappa shape index (κ2) is 5.59. The molecule has 1 atom stereocenters. The molecule has 3 N–H and O–H groups in total. The van der Waals surface area contributed by atoms with Crippen LogP contribution in [0.25, 0.3) is 0 Å². The Morgan fingerprint density at radius 1 is 1.50 bits per heavy atom. The lowest BCUT2D eigenvalue weighted by Crippen LogP contribution is -2.48. The van der Waals surface area contributed by atoms with E-state index in [0.717, 1.165) is 11.3 Å². The Bertz CT molecular complexity index is 404. The van der Waals surface area contributed by atoms with E-state index in [2.05, 4.69) is 5.32 Å². The number of para-hydroxylation sites is 1. The number of nitrogens with one attached hydrogen (secondary N) is 1. The topological polar surface area (TPSA) is 64.3 Å². The average molecular weight is 271 g/mol. The minimum Gasteiger partial charge on any atom is -0.480 e. The molecule has 0 bridgehead atoms. The van der Waals surface area contributed by atoms with Gasteiger partial charge in [-0.25, -0.2) is 0 Å². The molecule has 5 heteroatoms. The van der Waals surface area contributed by atoms with Gasteiger partial charge in [0, 0.05) is 18.5 Å². The first kappa shape index (κ1) is 14.8. The van der Waals surface area contributed by atoms with Gasteiger partial charge in [-0.3, -0.25) is 4.79 Å².